The smallest absolute Gasteiger partial charge is 0.128 e. The molecule has 0 bridgehead atoms. The Morgan fingerprint density at radius 3 is 0.793 bits per heavy atom. The van der Waals surface area contributed by atoms with Gasteiger partial charge in [0.25, 0.3) is 0 Å². The molecular formula is C51H78N4O3. The highest BCUT2D eigenvalue weighted by Crippen LogP contribution is 2.39. The summed E-state index contributed by atoms with van der Waals surface area (Å²) in [5.74, 6) is 0.852. The Morgan fingerprint density at radius 2 is 0.603 bits per heavy atom. The Balaban J connectivity index is 1.91. The van der Waals surface area contributed by atoms with Crippen LogP contribution in [0.4, 0.5) is 0 Å². The fourth-order valence-corrected chi connectivity index (χ4v) is 6.70. The number of aromatic hydroxyl groups is 3. The highest BCUT2D eigenvalue weighted by Gasteiger charge is 2.27. The average Bonchev–Trinajstić information content (AvgIpc) is 3.05. The van der Waals surface area contributed by atoms with E-state index < -0.39 is 0 Å². The predicted molar refractivity (Wildman–Crippen MR) is 250 cm³/mol. The molecule has 0 spiro atoms. The number of nitrogens with zero attached hydrogens (tertiary/aromatic N) is 4. The second-order valence-electron chi connectivity index (χ2n) is 22.3. The van der Waals surface area contributed by atoms with Gasteiger partial charge < -0.3 is 15.3 Å². The minimum absolute atomic E-state index is 0.0769. The van der Waals surface area contributed by atoms with Gasteiger partial charge in [0.2, 0.25) is 0 Å². The highest BCUT2D eigenvalue weighted by molar-refractivity contribution is 5.86. The summed E-state index contributed by atoms with van der Waals surface area (Å²) in [7, 11) is 0. The zero-order chi connectivity index (χ0) is 44.2. The van der Waals surface area contributed by atoms with Crippen LogP contribution in [0, 0.1) is 0 Å². The molecule has 0 aromatic heterocycles. The second-order valence-corrected chi connectivity index (χ2v) is 22.3. The maximum Gasteiger partial charge on any atom is 0.128 e. The fraction of sp³-hybridized carbons (Fsp3) is 0.588. The Kier molecular flexibility index (Phi) is 15.1. The third-order valence-corrected chi connectivity index (χ3v) is 10.8. The van der Waals surface area contributed by atoms with Crippen molar-refractivity contribution in [1.82, 2.24) is 4.90 Å². The average molecular weight is 795 g/mol. The van der Waals surface area contributed by atoms with Crippen LogP contribution < -0.4 is 0 Å². The van der Waals surface area contributed by atoms with Crippen LogP contribution in [0.2, 0.25) is 0 Å². The van der Waals surface area contributed by atoms with Crippen LogP contribution in [0.3, 0.4) is 0 Å². The van der Waals surface area contributed by atoms with Gasteiger partial charge in [-0.15, -0.1) is 0 Å². The topological polar surface area (TPSA) is 101 Å². The third-order valence-electron chi connectivity index (χ3n) is 10.8. The van der Waals surface area contributed by atoms with E-state index in [0.717, 1.165) is 50.1 Å². The van der Waals surface area contributed by atoms with E-state index in [9.17, 15) is 15.3 Å². The molecule has 0 saturated heterocycles. The lowest BCUT2D eigenvalue weighted by Crippen LogP contribution is -2.31. The molecule has 3 aromatic rings. The monoisotopic (exact) mass is 795 g/mol. The van der Waals surface area contributed by atoms with E-state index in [4.69, 9.17) is 15.0 Å². The fourth-order valence-electron chi connectivity index (χ4n) is 6.70. The molecule has 0 unspecified atom stereocenters. The Hall–Kier alpha value is -3.97. The summed E-state index contributed by atoms with van der Waals surface area (Å²) in [6.45, 7) is 42.4. The third kappa shape index (κ3) is 13.3. The summed E-state index contributed by atoms with van der Waals surface area (Å²) in [5.41, 5.74) is 7.56. The first-order valence-electron chi connectivity index (χ1n) is 21.2. The summed E-state index contributed by atoms with van der Waals surface area (Å²) in [6.07, 6.45) is 5.43. The van der Waals surface area contributed by atoms with E-state index in [1.165, 1.54) is 0 Å². The van der Waals surface area contributed by atoms with Gasteiger partial charge in [0, 0.05) is 71.7 Å². The summed E-state index contributed by atoms with van der Waals surface area (Å²) < 4.78 is 0. The Bertz CT molecular complexity index is 1730. The van der Waals surface area contributed by atoms with Crippen molar-refractivity contribution in [2.75, 3.05) is 39.3 Å². The highest BCUT2D eigenvalue weighted by atomic mass is 16.3. The van der Waals surface area contributed by atoms with E-state index in [2.05, 4.69) is 166 Å². The number of hydrogen-bond acceptors (Lipinski definition) is 7. The summed E-state index contributed by atoms with van der Waals surface area (Å²) in [4.78, 5) is 16.8. The lowest BCUT2D eigenvalue weighted by molar-refractivity contribution is 0.298. The van der Waals surface area contributed by atoms with Crippen LogP contribution in [0.15, 0.2) is 51.4 Å². The van der Waals surface area contributed by atoms with Gasteiger partial charge in [-0.2, -0.15) is 0 Å². The quantitative estimate of drug-likeness (QED) is 0.159. The normalized spacial score (nSPS) is 13.9. The van der Waals surface area contributed by atoms with Crippen LogP contribution in [-0.4, -0.2) is 78.1 Å². The molecular weight excluding hydrogens is 717 g/mol. The number of aliphatic imine (C=N–C) groups is 3. The lowest BCUT2D eigenvalue weighted by Gasteiger charge is -2.27. The standard InChI is InChI=1S/C51H78N4O3/c1-46(2,3)37-25-34(43(56)40(28-37)49(10,11)12)31-52-19-22-55(23-20-53-32-35-26-38(47(4,5)6)29-41(44(35)57)50(13,14)15)24-21-54-33-36-27-39(48(7,8)9)30-42(45(36)58)51(16,17)18/h25-33,56-58H,19-24H2,1-18H3. The van der Waals surface area contributed by atoms with Gasteiger partial charge in [-0.25, -0.2) is 0 Å². The largest absolute Gasteiger partial charge is 0.507 e. The molecule has 0 radical (unpaired) electrons. The Labute approximate surface area is 352 Å². The van der Waals surface area contributed by atoms with Crippen LogP contribution in [0.25, 0.3) is 0 Å². The molecule has 0 atom stereocenters. The van der Waals surface area contributed by atoms with E-state index in [1.807, 2.05) is 18.6 Å². The molecule has 0 saturated carbocycles. The molecule has 0 amide bonds. The molecule has 320 valence electrons. The van der Waals surface area contributed by atoms with Crippen LogP contribution in [0.5, 0.6) is 17.2 Å². The molecule has 7 heteroatoms. The van der Waals surface area contributed by atoms with Gasteiger partial charge in [0.1, 0.15) is 17.2 Å². The number of phenolic OH excluding ortho intramolecular Hbond substituents is 3. The minimum atomic E-state index is -0.218. The van der Waals surface area contributed by atoms with Crippen molar-refractivity contribution >= 4 is 18.6 Å². The first-order valence-corrected chi connectivity index (χ1v) is 21.2. The number of rotatable bonds is 12. The van der Waals surface area contributed by atoms with Gasteiger partial charge in [-0.3, -0.25) is 19.9 Å². The zero-order valence-electron chi connectivity index (χ0n) is 39.6. The second kappa shape index (κ2) is 18.1. The molecule has 3 rings (SSSR count). The molecule has 0 aliphatic rings. The number of benzene rings is 3. The maximum atomic E-state index is 11.3. The van der Waals surface area contributed by atoms with Gasteiger partial charge in [0.15, 0.2) is 0 Å². The van der Waals surface area contributed by atoms with E-state index in [-0.39, 0.29) is 49.7 Å². The van der Waals surface area contributed by atoms with Crippen molar-refractivity contribution < 1.29 is 15.3 Å². The molecule has 0 aliphatic carbocycles. The van der Waals surface area contributed by atoms with Crippen molar-refractivity contribution in [1.29, 1.82) is 0 Å². The van der Waals surface area contributed by atoms with Crippen molar-refractivity contribution in [3.63, 3.8) is 0 Å². The first kappa shape index (κ1) is 48.4. The molecule has 7 nitrogen and oxygen atoms in total. The zero-order valence-corrected chi connectivity index (χ0v) is 39.6. The molecule has 3 aromatic carbocycles. The number of phenols is 3. The summed E-state index contributed by atoms with van der Waals surface area (Å²) >= 11 is 0. The molecule has 3 N–H and O–H groups in total. The van der Waals surface area contributed by atoms with E-state index >= 15 is 0 Å². The molecule has 0 fully saturated rings. The minimum Gasteiger partial charge on any atom is -0.507 e. The summed E-state index contributed by atoms with van der Waals surface area (Å²) in [5, 5.41) is 33.9. The van der Waals surface area contributed by atoms with Crippen LogP contribution >= 0.6 is 0 Å². The van der Waals surface area contributed by atoms with Crippen molar-refractivity contribution in [2.24, 2.45) is 15.0 Å². The Morgan fingerprint density at radius 1 is 0.379 bits per heavy atom. The lowest BCUT2D eigenvalue weighted by atomic mass is 9.79. The van der Waals surface area contributed by atoms with E-state index in [0.29, 0.717) is 39.3 Å². The molecule has 0 aliphatic heterocycles. The van der Waals surface area contributed by atoms with Crippen LogP contribution in [-0.2, 0) is 32.5 Å². The maximum absolute atomic E-state index is 11.3. The number of hydrogen-bond donors (Lipinski definition) is 3. The van der Waals surface area contributed by atoms with Gasteiger partial charge >= 0.3 is 0 Å². The van der Waals surface area contributed by atoms with Gasteiger partial charge in [-0.05, 0) is 67.4 Å². The molecule has 0 heterocycles. The van der Waals surface area contributed by atoms with Gasteiger partial charge in [-0.1, -0.05) is 143 Å². The van der Waals surface area contributed by atoms with Crippen molar-refractivity contribution in [2.45, 2.75) is 157 Å². The predicted octanol–water partition coefficient (Wildman–Crippen LogP) is 11.5. The SMILES string of the molecule is CC(C)(C)c1cc(C=NCCN(CCN=Cc2cc(C(C)(C)C)cc(C(C)(C)C)c2O)CCN=Cc2cc(C(C)(C)C)cc(C(C)(C)C)c2O)c(O)c(C(C)(C)C)c1. The van der Waals surface area contributed by atoms with Gasteiger partial charge in [0.05, 0.1) is 19.6 Å². The van der Waals surface area contributed by atoms with Crippen molar-refractivity contribution in [3.8, 4) is 17.2 Å². The van der Waals surface area contributed by atoms with E-state index in [1.54, 1.807) is 0 Å². The van der Waals surface area contributed by atoms with Crippen molar-refractivity contribution in [3.05, 3.63) is 86.5 Å². The first-order chi connectivity index (χ1) is 26.3. The van der Waals surface area contributed by atoms with Crippen LogP contribution in [0.1, 0.15) is 175 Å². The summed E-state index contributed by atoms with van der Waals surface area (Å²) in [6, 6.07) is 12.5. The molecule has 58 heavy (non-hydrogen) atoms.